The van der Waals surface area contributed by atoms with Crippen LogP contribution in [0.4, 0.5) is 10.2 Å². The van der Waals surface area contributed by atoms with Crippen molar-refractivity contribution in [1.29, 1.82) is 0 Å². The number of thioether (sulfide) groups is 1. The summed E-state index contributed by atoms with van der Waals surface area (Å²) in [6.07, 6.45) is 1.55. The number of aryl methyl sites for hydroxylation is 1. The molecule has 148 valence electrons. The number of anilines is 1. The highest BCUT2D eigenvalue weighted by Gasteiger charge is 2.23. The number of hydrogen-bond donors (Lipinski definition) is 3. The van der Waals surface area contributed by atoms with Gasteiger partial charge in [-0.15, -0.1) is 11.8 Å². The summed E-state index contributed by atoms with van der Waals surface area (Å²) in [7, 11) is 1.87. The molecule has 2 aromatic carbocycles. The Morgan fingerprint density at radius 3 is 2.76 bits per heavy atom. The number of carbonyl (C=O) groups excluding carboxylic acids is 1. The van der Waals surface area contributed by atoms with Crippen molar-refractivity contribution in [2.45, 2.75) is 10.6 Å². The lowest BCUT2D eigenvalue weighted by Crippen LogP contribution is -2.14. The average Bonchev–Trinajstić information content (AvgIpc) is 3.29. The van der Waals surface area contributed by atoms with Gasteiger partial charge in [-0.05, 0) is 52.3 Å². The van der Waals surface area contributed by atoms with E-state index in [4.69, 9.17) is 0 Å². The number of benzene rings is 2. The SMILES string of the molecule is Cn1c(CSc2ccc(F)cc2)c(C(=O)Nc2ccn[nH]2)c2cc(O)c(Br)cc21. The summed E-state index contributed by atoms with van der Waals surface area (Å²) in [6, 6.07) is 11.2. The fourth-order valence-corrected chi connectivity index (χ4v) is 4.41. The maximum absolute atomic E-state index is 13.2. The predicted molar refractivity (Wildman–Crippen MR) is 115 cm³/mol. The maximum atomic E-state index is 13.2. The Labute approximate surface area is 178 Å². The second-order valence-electron chi connectivity index (χ2n) is 6.37. The van der Waals surface area contributed by atoms with E-state index in [1.165, 1.54) is 23.9 Å². The molecule has 1 amide bonds. The van der Waals surface area contributed by atoms with Gasteiger partial charge in [-0.2, -0.15) is 5.10 Å². The first kappa shape index (κ1) is 19.5. The molecule has 0 saturated carbocycles. The summed E-state index contributed by atoms with van der Waals surface area (Å²) in [4.78, 5) is 14.0. The van der Waals surface area contributed by atoms with Gasteiger partial charge in [-0.25, -0.2) is 4.39 Å². The number of carbonyl (C=O) groups is 1. The van der Waals surface area contributed by atoms with E-state index in [1.54, 1.807) is 36.5 Å². The molecular formula is C20H16BrFN4O2S. The zero-order valence-corrected chi connectivity index (χ0v) is 17.6. The van der Waals surface area contributed by atoms with E-state index >= 15 is 0 Å². The van der Waals surface area contributed by atoms with Crippen molar-refractivity contribution < 1.29 is 14.3 Å². The molecule has 0 unspecified atom stereocenters. The van der Waals surface area contributed by atoms with Crippen LogP contribution < -0.4 is 5.32 Å². The lowest BCUT2D eigenvalue weighted by atomic mass is 10.1. The van der Waals surface area contributed by atoms with Crippen molar-refractivity contribution in [3.8, 4) is 5.75 Å². The highest BCUT2D eigenvalue weighted by Crippen LogP contribution is 2.36. The monoisotopic (exact) mass is 474 g/mol. The van der Waals surface area contributed by atoms with Crippen LogP contribution in [-0.4, -0.2) is 25.8 Å². The summed E-state index contributed by atoms with van der Waals surface area (Å²) in [5.74, 6) is 0.415. The highest BCUT2D eigenvalue weighted by atomic mass is 79.9. The molecule has 29 heavy (non-hydrogen) atoms. The number of fused-ring (bicyclic) bond motifs is 1. The van der Waals surface area contributed by atoms with Gasteiger partial charge in [0.2, 0.25) is 0 Å². The molecule has 0 aliphatic carbocycles. The number of halogens is 2. The van der Waals surface area contributed by atoms with Crippen LogP contribution in [0.3, 0.4) is 0 Å². The average molecular weight is 475 g/mol. The number of nitrogens with one attached hydrogen (secondary N) is 2. The molecule has 0 aliphatic rings. The van der Waals surface area contributed by atoms with Gasteiger partial charge < -0.3 is 15.0 Å². The van der Waals surface area contributed by atoms with E-state index < -0.39 is 0 Å². The Balaban J connectivity index is 1.77. The second kappa shape index (κ2) is 7.92. The summed E-state index contributed by atoms with van der Waals surface area (Å²) in [5.41, 5.74) is 2.05. The quantitative estimate of drug-likeness (QED) is 0.353. The van der Waals surface area contributed by atoms with Crippen molar-refractivity contribution in [2.24, 2.45) is 7.05 Å². The minimum Gasteiger partial charge on any atom is -0.507 e. The fraction of sp³-hybridized carbons (Fsp3) is 0.100. The molecule has 0 bridgehead atoms. The van der Waals surface area contributed by atoms with Crippen LogP contribution >= 0.6 is 27.7 Å². The number of aromatic amines is 1. The van der Waals surface area contributed by atoms with Gasteiger partial charge in [0.05, 0.1) is 21.7 Å². The molecule has 2 heterocycles. The van der Waals surface area contributed by atoms with Crippen LogP contribution in [0, 0.1) is 5.82 Å². The predicted octanol–water partition coefficient (Wildman–Crippen LogP) is 5.05. The van der Waals surface area contributed by atoms with Gasteiger partial charge in [0.25, 0.3) is 5.91 Å². The smallest absolute Gasteiger partial charge is 0.259 e. The molecule has 0 atom stereocenters. The number of phenols is 1. The Hall–Kier alpha value is -2.78. The molecular weight excluding hydrogens is 459 g/mol. The molecule has 0 saturated heterocycles. The molecule has 0 radical (unpaired) electrons. The lowest BCUT2D eigenvalue weighted by molar-refractivity contribution is 0.102. The van der Waals surface area contributed by atoms with Crippen LogP contribution in [0.2, 0.25) is 0 Å². The van der Waals surface area contributed by atoms with Gasteiger partial charge in [-0.1, -0.05) is 0 Å². The summed E-state index contributed by atoms with van der Waals surface area (Å²) >= 11 is 4.83. The number of aromatic hydroxyl groups is 1. The third kappa shape index (κ3) is 3.88. The zero-order valence-electron chi connectivity index (χ0n) is 15.2. The van der Waals surface area contributed by atoms with Gasteiger partial charge >= 0.3 is 0 Å². The van der Waals surface area contributed by atoms with Crippen LogP contribution in [0.25, 0.3) is 10.9 Å². The molecule has 0 aliphatic heterocycles. The van der Waals surface area contributed by atoms with Crippen LogP contribution in [0.15, 0.2) is 58.0 Å². The topological polar surface area (TPSA) is 82.9 Å². The first-order chi connectivity index (χ1) is 13.9. The van der Waals surface area contributed by atoms with E-state index in [0.717, 1.165) is 16.1 Å². The third-order valence-electron chi connectivity index (χ3n) is 4.55. The van der Waals surface area contributed by atoms with E-state index in [0.29, 0.717) is 27.0 Å². The first-order valence-electron chi connectivity index (χ1n) is 8.63. The Morgan fingerprint density at radius 1 is 1.31 bits per heavy atom. The van der Waals surface area contributed by atoms with Gasteiger partial charge in [-0.3, -0.25) is 9.89 Å². The Morgan fingerprint density at radius 2 is 2.07 bits per heavy atom. The number of nitrogens with zero attached hydrogens (tertiary/aromatic N) is 2. The minimum absolute atomic E-state index is 0.0522. The van der Waals surface area contributed by atoms with Crippen LogP contribution in [-0.2, 0) is 12.8 Å². The van der Waals surface area contributed by atoms with Gasteiger partial charge in [0.1, 0.15) is 17.4 Å². The van der Waals surface area contributed by atoms with E-state index in [2.05, 4.69) is 31.4 Å². The number of amides is 1. The highest BCUT2D eigenvalue weighted by molar-refractivity contribution is 9.10. The number of H-pyrrole nitrogens is 1. The van der Waals surface area contributed by atoms with Crippen molar-refractivity contribution >= 4 is 50.3 Å². The van der Waals surface area contributed by atoms with E-state index in [1.807, 2.05) is 11.6 Å². The van der Waals surface area contributed by atoms with Crippen molar-refractivity contribution in [1.82, 2.24) is 14.8 Å². The van der Waals surface area contributed by atoms with E-state index in [-0.39, 0.29) is 17.5 Å². The molecule has 3 N–H and O–H groups in total. The molecule has 4 rings (SSSR count). The van der Waals surface area contributed by atoms with Crippen molar-refractivity contribution in [3.63, 3.8) is 0 Å². The van der Waals surface area contributed by atoms with Gasteiger partial charge in [0.15, 0.2) is 0 Å². The standard InChI is InChI=1S/C20H16BrFN4O2S/c1-26-15-9-14(21)17(27)8-13(15)19(20(28)24-18-6-7-23-25-18)16(26)10-29-12-4-2-11(22)3-5-12/h2-9,27H,10H2,1H3,(H2,23,24,25,28). The minimum atomic E-state index is -0.309. The summed E-state index contributed by atoms with van der Waals surface area (Å²) < 4.78 is 15.7. The molecule has 4 aromatic rings. The largest absolute Gasteiger partial charge is 0.507 e. The molecule has 2 aromatic heterocycles. The number of hydrogen-bond acceptors (Lipinski definition) is 4. The summed E-state index contributed by atoms with van der Waals surface area (Å²) in [6.45, 7) is 0. The fourth-order valence-electron chi connectivity index (χ4n) is 3.11. The number of phenolic OH excluding ortho intramolecular Hbond substituents is 1. The van der Waals surface area contributed by atoms with Gasteiger partial charge in [0, 0.05) is 34.8 Å². The van der Waals surface area contributed by atoms with Crippen LogP contribution in [0.1, 0.15) is 16.1 Å². The maximum Gasteiger partial charge on any atom is 0.259 e. The Kier molecular flexibility index (Phi) is 5.33. The van der Waals surface area contributed by atoms with Crippen molar-refractivity contribution in [2.75, 3.05) is 5.32 Å². The molecule has 9 heteroatoms. The summed E-state index contributed by atoms with van der Waals surface area (Å²) in [5, 5.41) is 20.2. The Bertz CT molecular complexity index is 1190. The zero-order chi connectivity index (χ0) is 20.5. The number of aromatic nitrogens is 3. The molecule has 6 nitrogen and oxygen atoms in total. The number of rotatable bonds is 5. The third-order valence-corrected chi connectivity index (χ3v) is 6.21. The molecule has 0 spiro atoms. The molecule has 0 fully saturated rings. The first-order valence-corrected chi connectivity index (χ1v) is 10.4. The van der Waals surface area contributed by atoms with Crippen LogP contribution in [0.5, 0.6) is 5.75 Å². The van der Waals surface area contributed by atoms with Crippen molar-refractivity contribution in [3.05, 3.63) is 70.2 Å². The lowest BCUT2D eigenvalue weighted by Gasteiger charge is -2.08. The van der Waals surface area contributed by atoms with E-state index in [9.17, 15) is 14.3 Å². The normalized spacial score (nSPS) is 11.1. The second-order valence-corrected chi connectivity index (χ2v) is 8.27.